The van der Waals surface area contributed by atoms with Gasteiger partial charge in [0.15, 0.2) is 0 Å². The van der Waals surface area contributed by atoms with Gasteiger partial charge in [0.2, 0.25) is 5.76 Å². The summed E-state index contributed by atoms with van der Waals surface area (Å²) in [6.45, 7) is 0.504. The zero-order valence-corrected chi connectivity index (χ0v) is 11.7. The summed E-state index contributed by atoms with van der Waals surface area (Å²) in [4.78, 5) is 10.8. The predicted octanol–water partition coefficient (Wildman–Crippen LogP) is 4.22. The Morgan fingerprint density at radius 2 is 1.68 bits per heavy atom. The highest BCUT2D eigenvalue weighted by Crippen LogP contribution is 2.25. The summed E-state index contributed by atoms with van der Waals surface area (Å²) in [5.41, 5.74) is 1.91. The van der Waals surface area contributed by atoms with E-state index in [1.165, 1.54) is 6.07 Å². The van der Waals surface area contributed by atoms with Gasteiger partial charge in [-0.2, -0.15) is 0 Å². The Balaban J connectivity index is 1.68. The molecule has 0 spiro atoms. The summed E-state index contributed by atoms with van der Waals surface area (Å²) in [7, 11) is 0. The highest BCUT2D eigenvalue weighted by Gasteiger charge is 2.10. The molecule has 4 nitrogen and oxygen atoms in total. The first kappa shape index (κ1) is 13.9. The van der Waals surface area contributed by atoms with Crippen molar-refractivity contribution in [2.45, 2.75) is 6.61 Å². The van der Waals surface area contributed by atoms with E-state index in [4.69, 9.17) is 14.3 Å². The van der Waals surface area contributed by atoms with Gasteiger partial charge in [-0.25, -0.2) is 4.79 Å². The first-order valence-electron chi connectivity index (χ1n) is 6.83. The smallest absolute Gasteiger partial charge is 0.371 e. The van der Waals surface area contributed by atoms with E-state index in [2.05, 4.69) is 0 Å². The standard InChI is InChI=1S/C18H14O4/c19-18(20)17-11-10-16(22-17)14-6-8-15(9-7-14)21-12-13-4-2-1-3-5-13/h1-11H,12H2,(H,19,20). The predicted molar refractivity (Wildman–Crippen MR) is 81.9 cm³/mol. The normalized spacial score (nSPS) is 10.4. The van der Waals surface area contributed by atoms with Crippen molar-refractivity contribution >= 4 is 5.97 Å². The molecule has 3 aromatic rings. The second-order valence-electron chi connectivity index (χ2n) is 4.77. The Hall–Kier alpha value is -3.01. The van der Waals surface area contributed by atoms with Crippen LogP contribution in [0.2, 0.25) is 0 Å². The third-order valence-electron chi connectivity index (χ3n) is 3.20. The first-order valence-corrected chi connectivity index (χ1v) is 6.83. The van der Waals surface area contributed by atoms with E-state index >= 15 is 0 Å². The number of carboxylic acid groups (broad SMARTS) is 1. The first-order chi connectivity index (χ1) is 10.7. The van der Waals surface area contributed by atoms with Crippen LogP contribution < -0.4 is 4.74 Å². The van der Waals surface area contributed by atoms with Gasteiger partial charge in [0, 0.05) is 5.56 Å². The summed E-state index contributed by atoms with van der Waals surface area (Å²) < 4.78 is 11.0. The fraction of sp³-hybridized carbons (Fsp3) is 0.0556. The molecule has 1 heterocycles. The molecule has 110 valence electrons. The molecule has 0 atom stereocenters. The SMILES string of the molecule is O=C(O)c1ccc(-c2ccc(OCc3ccccc3)cc2)o1. The average molecular weight is 294 g/mol. The van der Waals surface area contributed by atoms with Crippen LogP contribution in [0.25, 0.3) is 11.3 Å². The molecule has 0 saturated heterocycles. The number of hydrogen-bond donors (Lipinski definition) is 1. The monoisotopic (exact) mass is 294 g/mol. The minimum atomic E-state index is -1.07. The molecular weight excluding hydrogens is 280 g/mol. The van der Waals surface area contributed by atoms with E-state index in [0.717, 1.165) is 16.9 Å². The molecule has 0 radical (unpaired) electrons. The van der Waals surface area contributed by atoms with Gasteiger partial charge in [0.25, 0.3) is 0 Å². The Labute approximate surface area is 127 Å². The fourth-order valence-electron chi connectivity index (χ4n) is 2.06. The molecule has 0 aliphatic carbocycles. The molecule has 0 bridgehead atoms. The number of carboxylic acids is 1. The summed E-state index contributed by atoms with van der Waals surface area (Å²) in [5.74, 6) is 0.123. The number of carbonyl (C=O) groups is 1. The number of rotatable bonds is 5. The Morgan fingerprint density at radius 1 is 0.955 bits per heavy atom. The van der Waals surface area contributed by atoms with Crippen LogP contribution in [-0.2, 0) is 6.61 Å². The van der Waals surface area contributed by atoms with Crippen LogP contribution in [0.3, 0.4) is 0 Å². The van der Waals surface area contributed by atoms with E-state index < -0.39 is 5.97 Å². The zero-order chi connectivity index (χ0) is 15.4. The lowest BCUT2D eigenvalue weighted by Crippen LogP contribution is -1.94. The van der Waals surface area contributed by atoms with Crippen LogP contribution in [-0.4, -0.2) is 11.1 Å². The van der Waals surface area contributed by atoms with Crippen LogP contribution in [0.1, 0.15) is 16.1 Å². The quantitative estimate of drug-likeness (QED) is 0.765. The Bertz CT molecular complexity index is 757. The van der Waals surface area contributed by atoms with Gasteiger partial charge in [0.05, 0.1) is 0 Å². The van der Waals surface area contributed by atoms with Gasteiger partial charge in [-0.05, 0) is 42.0 Å². The number of furan rings is 1. The minimum Gasteiger partial charge on any atom is -0.489 e. The maximum Gasteiger partial charge on any atom is 0.371 e. The third kappa shape index (κ3) is 3.17. The second-order valence-corrected chi connectivity index (χ2v) is 4.77. The van der Waals surface area contributed by atoms with Gasteiger partial charge >= 0.3 is 5.97 Å². The van der Waals surface area contributed by atoms with Gasteiger partial charge in [0.1, 0.15) is 18.1 Å². The number of aromatic carboxylic acids is 1. The van der Waals surface area contributed by atoms with Gasteiger partial charge < -0.3 is 14.3 Å². The molecule has 0 amide bonds. The molecule has 0 saturated carbocycles. The highest BCUT2D eigenvalue weighted by atomic mass is 16.5. The second kappa shape index (κ2) is 6.18. The summed E-state index contributed by atoms with van der Waals surface area (Å²) in [6.07, 6.45) is 0. The lowest BCUT2D eigenvalue weighted by Gasteiger charge is -2.06. The molecule has 0 fully saturated rings. The maximum absolute atomic E-state index is 10.8. The van der Waals surface area contributed by atoms with Crippen molar-refractivity contribution in [3.63, 3.8) is 0 Å². The maximum atomic E-state index is 10.8. The molecule has 0 aliphatic heterocycles. The minimum absolute atomic E-state index is 0.0700. The van der Waals surface area contributed by atoms with Crippen molar-refractivity contribution in [1.29, 1.82) is 0 Å². The lowest BCUT2D eigenvalue weighted by atomic mass is 10.2. The van der Waals surface area contributed by atoms with Crippen molar-refractivity contribution in [3.05, 3.63) is 78.1 Å². The fourth-order valence-corrected chi connectivity index (χ4v) is 2.06. The molecule has 2 aromatic carbocycles. The summed E-state index contributed by atoms with van der Waals surface area (Å²) in [6, 6.07) is 20.3. The molecule has 1 N–H and O–H groups in total. The van der Waals surface area contributed by atoms with Gasteiger partial charge in [-0.3, -0.25) is 0 Å². The number of hydrogen-bond acceptors (Lipinski definition) is 3. The Morgan fingerprint density at radius 3 is 2.32 bits per heavy atom. The van der Waals surface area contributed by atoms with Crippen LogP contribution in [0.15, 0.2) is 71.1 Å². The van der Waals surface area contributed by atoms with E-state index in [-0.39, 0.29) is 5.76 Å². The van der Waals surface area contributed by atoms with Crippen molar-refractivity contribution < 1.29 is 19.1 Å². The largest absolute Gasteiger partial charge is 0.489 e. The molecule has 22 heavy (non-hydrogen) atoms. The average Bonchev–Trinajstić information content (AvgIpc) is 3.05. The van der Waals surface area contributed by atoms with E-state index in [0.29, 0.717) is 12.4 Å². The van der Waals surface area contributed by atoms with Crippen molar-refractivity contribution in [1.82, 2.24) is 0 Å². The van der Waals surface area contributed by atoms with E-state index in [9.17, 15) is 4.79 Å². The molecule has 1 aromatic heterocycles. The van der Waals surface area contributed by atoms with Crippen LogP contribution in [0.5, 0.6) is 5.75 Å². The summed E-state index contributed by atoms with van der Waals surface area (Å²) in [5, 5.41) is 8.85. The molecule has 4 heteroatoms. The van der Waals surface area contributed by atoms with Crippen molar-refractivity contribution in [3.8, 4) is 17.1 Å². The van der Waals surface area contributed by atoms with Crippen molar-refractivity contribution in [2.75, 3.05) is 0 Å². The summed E-state index contributed by atoms with van der Waals surface area (Å²) >= 11 is 0. The highest BCUT2D eigenvalue weighted by molar-refractivity contribution is 5.85. The molecule has 0 unspecified atom stereocenters. The van der Waals surface area contributed by atoms with Crippen molar-refractivity contribution in [2.24, 2.45) is 0 Å². The lowest BCUT2D eigenvalue weighted by molar-refractivity contribution is 0.0663. The molecule has 3 rings (SSSR count). The molecule has 0 aliphatic rings. The number of benzene rings is 2. The van der Waals surface area contributed by atoms with E-state index in [1.54, 1.807) is 6.07 Å². The van der Waals surface area contributed by atoms with E-state index in [1.807, 2.05) is 54.6 Å². The molecular formula is C18H14O4. The zero-order valence-electron chi connectivity index (χ0n) is 11.7. The van der Waals surface area contributed by atoms with Crippen LogP contribution >= 0.6 is 0 Å². The Kier molecular flexibility index (Phi) is 3.92. The van der Waals surface area contributed by atoms with Gasteiger partial charge in [-0.15, -0.1) is 0 Å². The van der Waals surface area contributed by atoms with Crippen LogP contribution in [0, 0.1) is 0 Å². The van der Waals surface area contributed by atoms with Gasteiger partial charge in [-0.1, -0.05) is 30.3 Å². The third-order valence-corrected chi connectivity index (χ3v) is 3.20. The van der Waals surface area contributed by atoms with Crippen LogP contribution in [0.4, 0.5) is 0 Å². The number of ether oxygens (including phenoxy) is 1. The topological polar surface area (TPSA) is 59.7 Å².